The maximum Gasteiger partial charge on any atom is 0.191 e. The number of nitrogens with two attached hydrogens (primary N) is 1. The van der Waals surface area contributed by atoms with Gasteiger partial charge in [0.2, 0.25) is 0 Å². The molecule has 2 rings (SSSR count). The van der Waals surface area contributed by atoms with Crippen molar-refractivity contribution in [2.45, 2.75) is 33.1 Å². The lowest BCUT2D eigenvalue weighted by molar-refractivity contribution is 0.277. The van der Waals surface area contributed by atoms with Crippen LogP contribution < -0.4 is 10.5 Å². The van der Waals surface area contributed by atoms with Gasteiger partial charge in [-0.15, -0.1) is 0 Å². The second-order valence-corrected chi connectivity index (χ2v) is 5.74. The van der Waals surface area contributed by atoms with Gasteiger partial charge in [0.05, 0.1) is 6.61 Å². The van der Waals surface area contributed by atoms with Gasteiger partial charge >= 0.3 is 0 Å². The van der Waals surface area contributed by atoms with E-state index in [0.717, 1.165) is 37.7 Å². The lowest BCUT2D eigenvalue weighted by Gasteiger charge is -2.31. The highest BCUT2D eigenvalue weighted by Crippen LogP contribution is 2.16. The third kappa shape index (κ3) is 4.96. The molecule has 0 atom stereocenters. The molecule has 0 radical (unpaired) electrons. The van der Waals surface area contributed by atoms with Gasteiger partial charge in [-0.05, 0) is 49.8 Å². The summed E-state index contributed by atoms with van der Waals surface area (Å²) in [6.07, 6.45) is 3.32. The van der Waals surface area contributed by atoms with E-state index in [4.69, 9.17) is 10.5 Å². The van der Waals surface area contributed by atoms with Gasteiger partial charge in [0.1, 0.15) is 5.75 Å². The van der Waals surface area contributed by atoms with Gasteiger partial charge < -0.3 is 15.4 Å². The molecule has 0 amide bonds. The van der Waals surface area contributed by atoms with Crippen LogP contribution in [0, 0.1) is 5.92 Å². The predicted molar refractivity (Wildman–Crippen MR) is 87.8 cm³/mol. The second kappa shape index (κ2) is 7.91. The first kappa shape index (κ1) is 15.7. The number of ether oxygens (including phenoxy) is 1. The zero-order valence-corrected chi connectivity index (χ0v) is 13.2. The van der Waals surface area contributed by atoms with Crippen molar-refractivity contribution in [3.8, 4) is 5.75 Å². The molecule has 4 nitrogen and oxygen atoms in total. The molecule has 0 saturated carbocycles. The first-order chi connectivity index (χ1) is 10.2. The Hall–Kier alpha value is -1.71. The van der Waals surface area contributed by atoms with E-state index in [1.807, 2.05) is 19.1 Å². The number of hydrogen-bond acceptors (Lipinski definition) is 2. The number of benzene rings is 1. The predicted octanol–water partition coefficient (Wildman–Crippen LogP) is 2.67. The van der Waals surface area contributed by atoms with Crippen LogP contribution in [0.2, 0.25) is 0 Å². The first-order valence-corrected chi connectivity index (χ1v) is 7.95. The summed E-state index contributed by atoms with van der Waals surface area (Å²) in [4.78, 5) is 6.73. The molecule has 0 spiro atoms. The number of nitrogens with zero attached hydrogens (tertiary/aromatic N) is 2. The van der Waals surface area contributed by atoms with Crippen LogP contribution in [-0.4, -0.2) is 37.1 Å². The Morgan fingerprint density at radius 1 is 1.38 bits per heavy atom. The minimum Gasteiger partial charge on any atom is -0.494 e. The standard InChI is InChI=1S/C17H27N3O/c1-3-21-16-6-4-5-15(13-16)7-10-19-17(18)20-11-8-14(2)9-12-20/h4-6,13-14H,3,7-12H2,1-2H3,(H2,18,19). The van der Waals surface area contributed by atoms with Crippen molar-refractivity contribution < 1.29 is 4.74 Å². The van der Waals surface area contributed by atoms with E-state index >= 15 is 0 Å². The fourth-order valence-corrected chi connectivity index (χ4v) is 2.59. The van der Waals surface area contributed by atoms with Gasteiger partial charge in [-0.25, -0.2) is 0 Å². The summed E-state index contributed by atoms with van der Waals surface area (Å²) in [7, 11) is 0. The Labute approximate surface area is 128 Å². The smallest absolute Gasteiger partial charge is 0.191 e. The summed E-state index contributed by atoms with van der Waals surface area (Å²) in [5, 5.41) is 0. The molecule has 116 valence electrons. The van der Waals surface area contributed by atoms with E-state index in [-0.39, 0.29) is 0 Å². The summed E-state index contributed by atoms with van der Waals surface area (Å²) in [6.45, 7) is 7.80. The molecule has 1 heterocycles. The maximum absolute atomic E-state index is 6.09. The van der Waals surface area contributed by atoms with E-state index in [2.05, 4.69) is 28.9 Å². The number of hydrogen-bond donors (Lipinski definition) is 1. The normalized spacial score (nSPS) is 17.0. The summed E-state index contributed by atoms with van der Waals surface area (Å²) in [5.74, 6) is 2.44. The average Bonchev–Trinajstić information content (AvgIpc) is 2.48. The number of guanidine groups is 1. The van der Waals surface area contributed by atoms with Crippen LogP contribution in [0.1, 0.15) is 32.3 Å². The van der Waals surface area contributed by atoms with Crippen molar-refractivity contribution >= 4 is 5.96 Å². The molecule has 0 aromatic heterocycles. The monoisotopic (exact) mass is 289 g/mol. The Kier molecular flexibility index (Phi) is 5.90. The van der Waals surface area contributed by atoms with E-state index in [9.17, 15) is 0 Å². The lowest BCUT2D eigenvalue weighted by atomic mass is 10.00. The van der Waals surface area contributed by atoms with Crippen LogP contribution in [0.5, 0.6) is 5.75 Å². The summed E-state index contributed by atoms with van der Waals surface area (Å²) in [5.41, 5.74) is 7.33. The minimum absolute atomic E-state index is 0.696. The Balaban J connectivity index is 1.82. The van der Waals surface area contributed by atoms with Crippen molar-refractivity contribution in [2.75, 3.05) is 26.2 Å². The quantitative estimate of drug-likeness (QED) is 0.670. The molecule has 2 N–H and O–H groups in total. The van der Waals surface area contributed by atoms with Crippen LogP contribution in [0.25, 0.3) is 0 Å². The van der Waals surface area contributed by atoms with Crippen molar-refractivity contribution in [3.05, 3.63) is 29.8 Å². The van der Waals surface area contributed by atoms with Gasteiger partial charge in [-0.3, -0.25) is 4.99 Å². The molecule has 1 aromatic carbocycles. The molecular formula is C17H27N3O. The highest BCUT2D eigenvalue weighted by atomic mass is 16.5. The van der Waals surface area contributed by atoms with Crippen molar-refractivity contribution in [3.63, 3.8) is 0 Å². The van der Waals surface area contributed by atoms with Gasteiger partial charge in [0, 0.05) is 19.6 Å². The first-order valence-electron chi connectivity index (χ1n) is 7.95. The van der Waals surface area contributed by atoms with Crippen LogP contribution in [-0.2, 0) is 6.42 Å². The minimum atomic E-state index is 0.696. The molecule has 0 bridgehead atoms. The molecule has 1 fully saturated rings. The molecule has 1 aromatic rings. The second-order valence-electron chi connectivity index (χ2n) is 5.74. The van der Waals surface area contributed by atoms with Crippen LogP contribution >= 0.6 is 0 Å². The molecule has 0 unspecified atom stereocenters. The fraction of sp³-hybridized carbons (Fsp3) is 0.588. The van der Waals surface area contributed by atoms with Crippen LogP contribution in [0.15, 0.2) is 29.3 Å². The third-order valence-corrected chi connectivity index (χ3v) is 3.99. The zero-order chi connectivity index (χ0) is 15.1. The summed E-state index contributed by atoms with van der Waals surface area (Å²) in [6, 6.07) is 8.20. The van der Waals surface area contributed by atoms with E-state index in [1.54, 1.807) is 0 Å². The molecule has 1 saturated heterocycles. The van der Waals surface area contributed by atoms with E-state index in [1.165, 1.54) is 18.4 Å². The fourth-order valence-electron chi connectivity index (χ4n) is 2.59. The van der Waals surface area contributed by atoms with E-state index < -0.39 is 0 Å². The average molecular weight is 289 g/mol. The Bertz CT molecular complexity index is 465. The Morgan fingerprint density at radius 2 is 2.14 bits per heavy atom. The Morgan fingerprint density at radius 3 is 2.86 bits per heavy atom. The van der Waals surface area contributed by atoms with Crippen molar-refractivity contribution in [1.82, 2.24) is 4.90 Å². The van der Waals surface area contributed by atoms with Gasteiger partial charge in [0.15, 0.2) is 5.96 Å². The van der Waals surface area contributed by atoms with E-state index in [0.29, 0.717) is 12.6 Å². The van der Waals surface area contributed by atoms with Crippen molar-refractivity contribution in [1.29, 1.82) is 0 Å². The molecule has 21 heavy (non-hydrogen) atoms. The molecular weight excluding hydrogens is 262 g/mol. The number of rotatable bonds is 5. The summed E-state index contributed by atoms with van der Waals surface area (Å²) < 4.78 is 5.51. The van der Waals surface area contributed by atoms with Crippen molar-refractivity contribution in [2.24, 2.45) is 16.6 Å². The SMILES string of the molecule is CCOc1cccc(CCN=C(N)N2CCC(C)CC2)c1. The van der Waals surface area contributed by atoms with Crippen LogP contribution in [0.3, 0.4) is 0 Å². The largest absolute Gasteiger partial charge is 0.494 e. The van der Waals surface area contributed by atoms with Crippen LogP contribution in [0.4, 0.5) is 0 Å². The number of likely N-dealkylation sites (tertiary alicyclic amines) is 1. The molecule has 1 aliphatic heterocycles. The topological polar surface area (TPSA) is 50.9 Å². The highest BCUT2D eigenvalue weighted by molar-refractivity contribution is 5.78. The molecule has 0 aliphatic carbocycles. The van der Waals surface area contributed by atoms with Gasteiger partial charge in [-0.1, -0.05) is 19.1 Å². The van der Waals surface area contributed by atoms with Gasteiger partial charge in [-0.2, -0.15) is 0 Å². The number of piperidine rings is 1. The number of aliphatic imine (C=N–C) groups is 1. The highest BCUT2D eigenvalue weighted by Gasteiger charge is 2.16. The molecule has 1 aliphatic rings. The lowest BCUT2D eigenvalue weighted by Crippen LogP contribution is -2.42. The maximum atomic E-state index is 6.09. The summed E-state index contributed by atoms with van der Waals surface area (Å²) >= 11 is 0. The molecule has 4 heteroatoms. The third-order valence-electron chi connectivity index (χ3n) is 3.99. The van der Waals surface area contributed by atoms with Gasteiger partial charge in [0.25, 0.3) is 0 Å². The zero-order valence-electron chi connectivity index (χ0n) is 13.2.